The number of carbonyl (C=O) groups excluding carboxylic acids is 1. The Labute approximate surface area is 176 Å². The van der Waals surface area contributed by atoms with Gasteiger partial charge in [0.05, 0.1) is 16.4 Å². The Hall–Kier alpha value is -3.23. The quantitative estimate of drug-likeness (QED) is 0.242. The van der Waals surface area contributed by atoms with Gasteiger partial charge in [-0.05, 0) is 17.7 Å². The number of non-ortho nitro benzene ring substituents is 1. The van der Waals surface area contributed by atoms with Gasteiger partial charge in [0.1, 0.15) is 15.8 Å². The van der Waals surface area contributed by atoms with Crippen molar-refractivity contribution in [3.05, 3.63) is 93.1 Å². The fraction of sp³-hybridized carbons (Fsp3) is 0.0476. The minimum atomic E-state index is -0.453. The monoisotopic (exact) mass is 422 g/mol. The Balaban J connectivity index is 1.55. The molecule has 1 aliphatic heterocycles. The Morgan fingerprint density at radius 3 is 2.66 bits per heavy atom. The molecule has 4 rings (SSSR count). The number of hydrogen-bond acceptors (Lipinski definition) is 6. The van der Waals surface area contributed by atoms with Gasteiger partial charge >= 0.3 is 0 Å². The van der Waals surface area contributed by atoms with Crippen molar-refractivity contribution in [3.63, 3.8) is 0 Å². The molecule has 1 fully saturated rings. The summed E-state index contributed by atoms with van der Waals surface area (Å²) in [7, 11) is 0. The highest BCUT2D eigenvalue weighted by atomic mass is 32.2. The van der Waals surface area contributed by atoms with Crippen molar-refractivity contribution < 1.29 is 14.1 Å². The summed E-state index contributed by atoms with van der Waals surface area (Å²) in [5.74, 6) is 0.795. The lowest BCUT2D eigenvalue weighted by Gasteiger charge is -2.14. The van der Waals surface area contributed by atoms with Gasteiger partial charge in [-0.3, -0.25) is 19.8 Å². The summed E-state index contributed by atoms with van der Waals surface area (Å²) in [4.78, 5) is 25.3. The number of nitro groups is 1. The first-order valence-electron chi connectivity index (χ1n) is 8.65. The number of amides is 1. The van der Waals surface area contributed by atoms with E-state index in [-0.39, 0.29) is 11.6 Å². The molecule has 3 aromatic rings. The number of thioether (sulfide) groups is 1. The molecule has 1 saturated heterocycles. The lowest BCUT2D eigenvalue weighted by Crippen LogP contribution is -2.27. The number of furan rings is 1. The van der Waals surface area contributed by atoms with Crippen LogP contribution in [0.2, 0.25) is 0 Å². The zero-order chi connectivity index (χ0) is 20.4. The first kappa shape index (κ1) is 19.1. The van der Waals surface area contributed by atoms with Crippen LogP contribution >= 0.6 is 24.0 Å². The molecule has 2 aromatic carbocycles. The fourth-order valence-electron chi connectivity index (χ4n) is 2.89. The Morgan fingerprint density at radius 1 is 1.10 bits per heavy atom. The summed E-state index contributed by atoms with van der Waals surface area (Å²) in [6.07, 6.45) is 1.64. The smallest absolute Gasteiger partial charge is 0.270 e. The Kier molecular flexibility index (Phi) is 5.28. The average molecular weight is 422 g/mol. The second-order valence-corrected chi connectivity index (χ2v) is 7.94. The minimum absolute atomic E-state index is 0.0118. The van der Waals surface area contributed by atoms with Crippen LogP contribution in [-0.2, 0) is 11.3 Å². The minimum Gasteiger partial charge on any atom is -0.457 e. The predicted molar refractivity (Wildman–Crippen MR) is 116 cm³/mol. The van der Waals surface area contributed by atoms with Crippen molar-refractivity contribution in [2.24, 2.45) is 0 Å². The highest BCUT2D eigenvalue weighted by Gasteiger charge is 2.32. The maximum absolute atomic E-state index is 12.8. The molecule has 6 nitrogen and oxygen atoms in total. The lowest BCUT2D eigenvalue weighted by atomic mass is 10.1. The lowest BCUT2D eigenvalue weighted by molar-refractivity contribution is -0.384. The van der Waals surface area contributed by atoms with Crippen LogP contribution in [0.5, 0.6) is 0 Å². The SMILES string of the molecule is O=C1/C(=C\c2ccc(-c3cccc([N+](=O)[O-])c3)o2)SC(=S)N1Cc1ccccc1. The third kappa shape index (κ3) is 4.13. The van der Waals surface area contributed by atoms with Crippen molar-refractivity contribution in [1.82, 2.24) is 4.90 Å². The number of rotatable bonds is 5. The number of nitrogens with zero attached hydrogens (tertiary/aromatic N) is 2. The maximum Gasteiger partial charge on any atom is 0.270 e. The van der Waals surface area contributed by atoms with Crippen LogP contribution in [0.4, 0.5) is 5.69 Å². The molecule has 0 saturated carbocycles. The molecule has 2 heterocycles. The van der Waals surface area contributed by atoms with Crippen LogP contribution in [-0.4, -0.2) is 20.1 Å². The molecule has 0 spiro atoms. The standard InChI is InChI=1S/C21H14N2O4S2/c24-20-19(29-21(28)22(20)13-14-5-2-1-3-6-14)12-17-9-10-18(27-17)15-7-4-8-16(11-15)23(25)26/h1-12H,13H2/b19-12+. The van der Waals surface area contributed by atoms with Gasteiger partial charge in [-0.25, -0.2) is 0 Å². The van der Waals surface area contributed by atoms with Crippen molar-refractivity contribution in [2.75, 3.05) is 0 Å². The zero-order valence-electron chi connectivity index (χ0n) is 15.0. The van der Waals surface area contributed by atoms with E-state index < -0.39 is 4.92 Å². The third-order valence-electron chi connectivity index (χ3n) is 4.30. The number of hydrogen-bond donors (Lipinski definition) is 0. The maximum atomic E-state index is 12.8. The summed E-state index contributed by atoms with van der Waals surface area (Å²) >= 11 is 6.59. The summed E-state index contributed by atoms with van der Waals surface area (Å²) in [6, 6.07) is 19.3. The van der Waals surface area contributed by atoms with Gasteiger partial charge < -0.3 is 4.42 Å². The molecule has 0 unspecified atom stereocenters. The van der Waals surface area contributed by atoms with Gasteiger partial charge in [0, 0.05) is 23.8 Å². The van der Waals surface area contributed by atoms with E-state index in [4.69, 9.17) is 16.6 Å². The van der Waals surface area contributed by atoms with Gasteiger partial charge in [0.25, 0.3) is 11.6 Å². The summed E-state index contributed by atoms with van der Waals surface area (Å²) in [5, 5.41) is 11.0. The van der Waals surface area contributed by atoms with Gasteiger partial charge in [-0.1, -0.05) is 66.4 Å². The van der Waals surface area contributed by atoms with E-state index in [1.54, 1.807) is 35.2 Å². The topological polar surface area (TPSA) is 76.6 Å². The zero-order valence-corrected chi connectivity index (χ0v) is 16.6. The fourth-order valence-corrected chi connectivity index (χ4v) is 4.12. The molecular weight excluding hydrogens is 408 g/mol. The summed E-state index contributed by atoms with van der Waals surface area (Å²) in [6.45, 7) is 0.417. The molecule has 0 atom stereocenters. The molecule has 1 aliphatic rings. The van der Waals surface area contributed by atoms with E-state index in [0.717, 1.165) is 5.56 Å². The van der Waals surface area contributed by atoms with E-state index in [2.05, 4.69) is 0 Å². The highest BCUT2D eigenvalue weighted by molar-refractivity contribution is 8.26. The number of carbonyl (C=O) groups is 1. The van der Waals surface area contributed by atoms with Crippen LogP contribution in [0.3, 0.4) is 0 Å². The van der Waals surface area contributed by atoms with Crippen LogP contribution in [0, 0.1) is 10.1 Å². The second-order valence-electron chi connectivity index (χ2n) is 6.26. The molecule has 1 amide bonds. The van der Waals surface area contributed by atoms with E-state index >= 15 is 0 Å². The molecule has 29 heavy (non-hydrogen) atoms. The summed E-state index contributed by atoms with van der Waals surface area (Å²) in [5.41, 5.74) is 1.58. The van der Waals surface area contributed by atoms with Crippen molar-refractivity contribution in [3.8, 4) is 11.3 Å². The normalized spacial score (nSPS) is 15.3. The van der Waals surface area contributed by atoms with Gasteiger partial charge in [0.15, 0.2) is 0 Å². The van der Waals surface area contributed by atoms with Gasteiger partial charge in [0.2, 0.25) is 0 Å². The van der Waals surface area contributed by atoms with Crippen LogP contribution in [0.25, 0.3) is 17.4 Å². The Bertz CT molecular complexity index is 1140. The van der Waals surface area contributed by atoms with E-state index in [9.17, 15) is 14.9 Å². The first-order valence-corrected chi connectivity index (χ1v) is 9.88. The number of benzene rings is 2. The number of nitro benzene ring substituents is 1. The second kappa shape index (κ2) is 8.02. The van der Waals surface area contributed by atoms with Crippen LogP contribution < -0.4 is 0 Å². The Morgan fingerprint density at radius 2 is 1.90 bits per heavy atom. The molecule has 0 N–H and O–H groups in total. The van der Waals surface area contributed by atoms with Gasteiger partial charge in [-0.2, -0.15) is 0 Å². The first-order chi connectivity index (χ1) is 14.0. The summed E-state index contributed by atoms with van der Waals surface area (Å²) < 4.78 is 6.27. The van der Waals surface area contributed by atoms with Crippen molar-refractivity contribution >= 4 is 46.0 Å². The molecule has 1 aromatic heterocycles. The van der Waals surface area contributed by atoms with E-state index in [0.29, 0.717) is 32.9 Å². The molecule has 8 heteroatoms. The molecule has 0 aliphatic carbocycles. The molecular formula is C21H14N2O4S2. The van der Waals surface area contributed by atoms with Crippen LogP contribution in [0.15, 0.2) is 76.1 Å². The molecule has 0 radical (unpaired) electrons. The van der Waals surface area contributed by atoms with Crippen molar-refractivity contribution in [1.29, 1.82) is 0 Å². The van der Waals surface area contributed by atoms with E-state index in [1.165, 1.54) is 23.9 Å². The molecule has 0 bridgehead atoms. The highest BCUT2D eigenvalue weighted by Crippen LogP contribution is 2.34. The van der Waals surface area contributed by atoms with E-state index in [1.807, 2.05) is 30.3 Å². The van der Waals surface area contributed by atoms with Crippen LogP contribution in [0.1, 0.15) is 11.3 Å². The number of thiocarbonyl (C=S) groups is 1. The predicted octanol–water partition coefficient (Wildman–Crippen LogP) is 5.26. The van der Waals surface area contributed by atoms with Crippen molar-refractivity contribution in [2.45, 2.75) is 6.54 Å². The largest absolute Gasteiger partial charge is 0.457 e. The average Bonchev–Trinajstić information content (AvgIpc) is 3.29. The molecule has 144 valence electrons. The third-order valence-corrected chi connectivity index (χ3v) is 5.68. The van der Waals surface area contributed by atoms with Gasteiger partial charge in [-0.15, -0.1) is 0 Å².